The van der Waals surface area contributed by atoms with Crippen molar-refractivity contribution in [2.24, 2.45) is 11.8 Å². The number of aryl methyl sites for hydroxylation is 2. The fraction of sp³-hybridized carbons (Fsp3) is 0.478. The van der Waals surface area contributed by atoms with E-state index in [9.17, 15) is 0 Å². The van der Waals surface area contributed by atoms with Gasteiger partial charge in [-0.2, -0.15) is 0 Å². The van der Waals surface area contributed by atoms with Gasteiger partial charge in [-0.3, -0.25) is 0 Å². The lowest BCUT2D eigenvalue weighted by Gasteiger charge is -2.05. The molecular formula is C23H33ClO. The Kier molecular flexibility index (Phi) is 10.3. The minimum Gasteiger partial charge on any atom is -0.497 e. The van der Waals surface area contributed by atoms with Crippen molar-refractivity contribution in [1.29, 1.82) is 0 Å². The van der Waals surface area contributed by atoms with Crippen LogP contribution in [0.15, 0.2) is 48.5 Å². The van der Waals surface area contributed by atoms with Gasteiger partial charge >= 0.3 is 0 Å². The number of halogens is 1. The monoisotopic (exact) mass is 360 g/mol. The van der Waals surface area contributed by atoms with Gasteiger partial charge in [0.25, 0.3) is 0 Å². The van der Waals surface area contributed by atoms with Crippen LogP contribution in [0.4, 0.5) is 0 Å². The highest BCUT2D eigenvalue weighted by Crippen LogP contribution is 2.14. The Balaban J connectivity index is 0.000000251. The topological polar surface area (TPSA) is 9.23 Å². The van der Waals surface area contributed by atoms with Gasteiger partial charge in [-0.05, 0) is 72.9 Å². The van der Waals surface area contributed by atoms with Crippen molar-refractivity contribution >= 4 is 11.6 Å². The number of benzene rings is 2. The molecule has 0 aliphatic carbocycles. The fourth-order valence-electron chi connectivity index (χ4n) is 2.35. The average Bonchev–Trinajstić information content (AvgIpc) is 2.60. The van der Waals surface area contributed by atoms with Crippen molar-refractivity contribution in [2.45, 2.75) is 53.4 Å². The molecule has 2 heteroatoms. The van der Waals surface area contributed by atoms with Crippen LogP contribution in [0.3, 0.4) is 0 Å². The lowest BCUT2D eigenvalue weighted by molar-refractivity contribution is 0.414. The zero-order valence-corrected chi connectivity index (χ0v) is 17.1. The minimum atomic E-state index is 0.778. The van der Waals surface area contributed by atoms with Gasteiger partial charge in [0.1, 0.15) is 5.75 Å². The van der Waals surface area contributed by atoms with E-state index in [0.29, 0.717) is 0 Å². The van der Waals surface area contributed by atoms with Crippen LogP contribution < -0.4 is 4.74 Å². The van der Waals surface area contributed by atoms with E-state index >= 15 is 0 Å². The number of ether oxygens (including phenoxy) is 1. The van der Waals surface area contributed by atoms with Crippen LogP contribution in [0, 0.1) is 11.8 Å². The molecule has 0 radical (unpaired) electrons. The summed E-state index contributed by atoms with van der Waals surface area (Å²) in [5.41, 5.74) is 2.78. The molecule has 25 heavy (non-hydrogen) atoms. The molecule has 2 rings (SSSR count). The SMILES string of the molecule is CC(C)CCc1ccc(Cl)cc1.COc1ccc(CCC(C)C)cc1. The second-order valence-electron chi connectivity index (χ2n) is 7.34. The van der Waals surface area contributed by atoms with Crippen molar-refractivity contribution in [2.75, 3.05) is 7.11 Å². The third-order valence-electron chi connectivity index (χ3n) is 4.09. The highest BCUT2D eigenvalue weighted by atomic mass is 35.5. The first kappa shape index (κ1) is 21.6. The van der Waals surface area contributed by atoms with Crippen molar-refractivity contribution in [3.63, 3.8) is 0 Å². The van der Waals surface area contributed by atoms with Gasteiger partial charge in [-0.15, -0.1) is 0 Å². The summed E-state index contributed by atoms with van der Waals surface area (Å²) in [4.78, 5) is 0. The molecule has 0 aliphatic heterocycles. The van der Waals surface area contributed by atoms with Crippen LogP contribution in [-0.4, -0.2) is 7.11 Å². The average molecular weight is 361 g/mol. The molecule has 0 saturated heterocycles. The first-order valence-corrected chi connectivity index (χ1v) is 9.66. The lowest BCUT2D eigenvalue weighted by atomic mass is 10.0. The molecule has 2 aromatic carbocycles. The third-order valence-corrected chi connectivity index (χ3v) is 4.35. The summed E-state index contributed by atoms with van der Waals surface area (Å²) >= 11 is 5.77. The van der Waals surface area contributed by atoms with E-state index in [1.54, 1.807) is 7.11 Å². The smallest absolute Gasteiger partial charge is 0.118 e. The van der Waals surface area contributed by atoms with Crippen molar-refractivity contribution < 1.29 is 4.74 Å². The van der Waals surface area contributed by atoms with Crippen molar-refractivity contribution in [3.8, 4) is 5.75 Å². The molecule has 0 unspecified atom stereocenters. The minimum absolute atomic E-state index is 0.778. The van der Waals surface area contributed by atoms with Gasteiger partial charge in [0.2, 0.25) is 0 Å². The van der Waals surface area contributed by atoms with E-state index < -0.39 is 0 Å². The molecule has 1 nitrogen and oxygen atoms in total. The van der Waals surface area contributed by atoms with Gasteiger partial charge in [-0.25, -0.2) is 0 Å². The molecule has 0 saturated carbocycles. The zero-order chi connectivity index (χ0) is 18.7. The largest absolute Gasteiger partial charge is 0.497 e. The Hall–Kier alpha value is -1.47. The summed E-state index contributed by atoms with van der Waals surface area (Å²) in [5, 5.41) is 0.822. The van der Waals surface area contributed by atoms with E-state index in [1.807, 2.05) is 24.3 Å². The van der Waals surface area contributed by atoms with Crippen LogP contribution >= 0.6 is 11.6 Å². The summed E-state index contributed by atoms with van der Waals surface area (Å²) < 4.78 is 5.09. The van der Waals surface area contributed by atoms with Gasteiger partial charge in [0.15, 0.2) is 0 Å². The van der Waals surface area contributed by atoms with Crippen LogP contribution in [0.2, 0.25) is 5.02 Å². The fourth-order valence-corrected chi connectivity index (χ4v) is 2.48. The van der Waals surface area contributed by atoms with E-state index in [1.165, 1.54) is 30.4 Å². The van der Waals surface area contributed by atoms with Gasteiger partial charge in [0, 0.05) is 5.02 Å². The normalized spacial score (nSPS) is 10.6. The second-order valence-corrected chi connectivity index (χ2v) is 7.78. The quantitative estimate of drug-likeness (QED) is 0.506. The van der Waals surface area contributed by atoms with Gasteiger partial charge in [0.05, 0.1) is 7.11 Å². The first-order chi connectivity index (χ1) is 11.9. The van der Waals surface area contributed by atoms with E-state index in [4.69, 9.17) is 16.3 Å². The third kappa shape index (κ3) is 10.2. The molecule has 0 fully saturated rings. The van der Waals surface area contributed by atoms with Gasteiger partial charge < -0.3 is 4.74 Å². The molecule has 0 spiro atoms. The first-order valence-electron chi connectivity index (χ1n) is 9.28. The zero-order valence-electron chi connectivity index (χ0n) is 16.4. The molecule has 0 aliphatic rings. The molecule has 0 aromatic heterocycles. The lowest BCUT2D eigenvalue weighted by Crippen LogP contribution is -1.92. The summed E-state index contributed by atoms with van der Waals surface area (Å²) in [6.45, 7) is 9.00. The molecular weight excluding hydrogens is 328 g/mol. The van der Waals surface area contributed by atoms with E-state index in [2.05, 4.69) is 52.0 Å². The van der Waals surface area contributed by atoms with Crippen molar-refractivity contribution in [3.05, 3.63) is 64.7 Å². The Morgan fingerprint density at radius 3 is 1.48 bits per heavy atom. The van der Waals surface area contributed by atoms with Crippen LogP contribution in [0.25, 0.3) is 0 Å². The standard InChI is InChI=1S/C12H18O.C11H15Cl/c1-10(2)4-5-11-6-8-12(13-3)9-7-11;1-9(2)3-4-10-5-7-11(12)8-6-10/h6-10H,4-5H2,1-3H3;5-9H,3-4H2,1-2H3. The maximum atomic E-state index is 5.77. The summed E-state index contributed by atoms with van der Waals surface area (Å²) in [5.74, 6) is 2.50. The molecule has 0 atom stereocenters. The Bertz CT molecular complexity index is 570. The molecule has 2 aromatic rings. The Labute approximate surface area is 159 Å². The molecule has 0 N–H and O–H groups in total. The van der Waals surface area contributed by atoms with E-state index in [0.717, 1.165) is 29.0 Å². The summed E-state index contributed by atoms with van der Waals surface area (Å²) in [6, 6.07) is 16.4. The second kappa shape index (κ2) is 12.0. The Morgan fingerprint density at radius 1 is 0.720 bits per heavy atom. The molecule has 0 heterocycles. The van der Waals surface area contributed by atoms with E-state index in [-0.39, 0.29) is 0 Å². The van der Waals surface area contributed by atoms with Gasteiger partial charge in [-0.1, -0.05) is 63.6 Å². The highest BCUT2D eigenvalue weighted by Gasteiger charge is 1.97. The maximum absolute atomic E-state index is 5.77. The Morgan fingerprint density at radius 2 is 1.12 bits per heavy atom. The highest BCUT2D eigenvalue weighted by molar-refractivity contribution is 6.30. The molecule has 0 bridgehead atoms. The maximum Gasteiger partial charge on any atom is 0.118 e. The predicted octanol–water partition coefficient (Wildman–Crippen LogP) is 7.21. The number of methoxy groups -OCH3 is 1. The van der Waals surface area contributed by atoms with Crippen LogP contribution in [-0.2, 0) is 12.8 Å². The van der Waals surface area contributed by atoms with Crippen LogP contribution in [0.5, 0.6) is 5.75 Å². The number of hydrogen-bond acceptors (Lipinski definition) is 1. The van der Waals surface area contributed by atoms with Crippen LogP contribution in [0.1, 0.15) is 51.7 Å². The summed E-state index contributed by atoms with van der Waals surface area (Å²) in [7, 11) is 1.70. The number of rotatable bonds is 7. The molecule has 0 amide bonds. The summed E-state index contributed by atoms with van der Waals surface area (Å²) in [6.07, 6.45) is 4.84. The van der Waals surface area contributed by atoms with Crippen molar-refractivity contribution in [1.82, 2.24) is 0 Å². The number of hydrogen-bond donors (Lipinski definition) is 0. The predicted molar refractivity (Wildman–Crippen MR) is 111 cm³/mol. The molecule has 138 valence electrons.